The Bertz CT molecular complexity index is 583. The topological polar surface area (TPSA) is 108 Å². The highest BCUT2D eigenvalue weighted by Gasteiger charge is 2.47. The maximum absolute atomic E-state index is 12.1. The van der Waals surface area contributed by atoms with Gasteiger partial charge in [0.05, 0.1) is 20.8 Å². The summed E-state index contributed by atoms with van der Waals surface area (Å²) in [5.41, 5.74) is 2.64. The monoisotopic (exact) mass is 309 g/mol. The third-order valence-electron chi connectivity index (χ3n) is 3.60. The van der Waals surface area contributed by atoms with Gasteiger partial charge < -0.3 is 25.1 Å². The Kier molecular flexibility index (Phi) is 4.56. The van der Waals surface area contributed by atoms with Crippen LogP contribution in [0.25, 0.3) is 0 Å². The Morgan fingerprint density at radius 2 is 1.91 bits per heavy atom. The SMILES string of the molecule is COc1ccc(C(O)(C(N)=O)C(=O)OCC2CC2)cc1OC. The summed E-state index contributed by atoms with van der Waals surface area (Å²) < 4.78 is 15.2. The van der Waals surface area contributed by atoms with Gasteiger partial charge in [-0.05, 0) is 30.9 Å². The molecule has 1 unspecified atom stereocenters. The molecule has 0 aromatic heterocycles. The van der Waals surface area contributed by atoms with E-state index in [9.17, 15) is 14.7 Å². The lowest BCUT2D eigenvalue weighted by Crippen LogP contribution is -2.49. The highest BCUT2D eigenvalue weighted by molar-refractivity contribution is 6.06. The van der Waals surface area contributed by atoms with Gasteiger partial charge in [0.25, 0.3) is 11.5 Å². The van der Waals surface area contributed by atoms with Gasteiger partial charge in [0.15, 0.2) is 11.5 Å². The maximum atomic E-state index is 12.1. The van der Waals surface area contributed by atoms with E-state index in [1.165, 1.54) is 32.4 Å². The Hall–Kier alpha value is -2.28. The fourth-order valence-corrected chi connectivity index (χ4v) is 2.00. The molecule has 1 aliphatic rings. The molecule has 0 saturated heterocycles. The molecule has 1 saturated carbocycles. The van der Waals surface area contributed by atoms with Gasteiger partial charge in [-0.15, -0.1) is 0 Å². The molecule has 0 bridgehead atoms. The predicted octanol–water partition coefficient (Wildman–Crippen LogP) is 0.330. The normalized spacial score (nSPS) is 16.5. The minimum Gasteiger partial charge on any atom is -0.493 e. The molecule has 0 radical (unpaired) electrons. The van der Waals surface area contributed by atoms with Gasteiger partial charge in [0.1, 0.15) is 0 Å². The molecule has 22 heavy (non-hydrogen) atoms. The number of rotatable bonds is 7. The second kappa shape index (κ2) is 6.23. The zero-order valence-electron chi connectivity index (χ0n) is 12.5. The van der Waals surface area contributed by atoms with Crippen LogP contribution < -0.4 is 15.2 Å². The summed E-state index contributed by atoms with van der Waals surface area (Å²) in [5, 5.41) is 10.5. The van der Waals surface area contributed by atoms with Crippen LogP contribution in [0.5, 0.6) is 11.5 Å². The molecule has 1 aromatic rings. The Balaban J connectivity index is 2.32. The van der Waals surface area contributed by atoms with Crippen molar-refractivity contribution >= 4 is 11.9 Å². The third kappa shape index (κ3) is 2.99. The molecule has 0 spiro atoms. The van der Waals surface area contributed by atoms with Gasteiger partial charge in [-0.25, -0.2) is 4.79 Å². The number of primary amides is 1. The van der Waals surface area contributed by atoms with Gasteiger partial charge >= 0.3 is 5.97 Å². The van der Waals surface area contributed by atoms with Crippen molar-refractivity contribution in [2.45, 2.75) is 18.4 Å². The van der Waals surface area contributed by atoms with Crippen molar-refractivity contribution in [3.05, 3.63) is 23.8 Å². The summed E-state index contributed by atoms with van der Waals surface area (Å²) in [6, 6.07) is 4.16. The van der Waals surface area contributed by atoms with Crippen LogP contribution in [0.2, 0.25) is 0 Å². The highest BCUT2D eigenvalue weighted by atomic mass is 16.6. The summed E-state index contributed by atoms with van der Waals surface area (Å²) in [4.78, 5) is 23.8. The van der Waals surface area contributed by atoms with Gasteiger partial charge in [0.2, 0.25) is 0 Å². The molecule has 120 valence electrons. The van der Waals surface area contributed by atoms with E-state index < -0.39 is 17.5 Å². The standard InChI is InChI=1S/C15H19NO6/c1-20-11-6-5-10(7-12(11)21-2)15(19,13(16)17)14(18)22-8-9-3-4-9/h5-7,9,19H,3-4,8H2,1-2H3,(H2,16,17). The first kappa shape index (κ1) is 16.1. The molecule has 7 heteroatoms. The second-order valence-electron chi connectivity index (χ2n) is 5.19. The lowest BCUT2D eigenvalue weighted by Gasteiger charge is -2.23. The predicted molar refractivity (Wildman–Crippen MR) is 76.3 cm³/mol. The van der Waals surface area contributed by atoms with Crippen LogP contribution >= 0.6 is 0 Å². The molecule has 1 aromatic carbocycles. The van der Waals surface area contributed by atoms with Crippen LogP contribution in [-0.2, 0) is 19.9 Å². The number of benzene rings is 1. The van der Waals surface area contributed by atoms with E-state index in [-0.39, 0.29) is 17.9 Å². The van der Waals surface area contributed by atoms with Crippen LogP contribution in [0.3, 0.4) is 0 Å². The van der Waals surface area contributed by atoms with Crippen LogP contribution in [-0.4, -0.2) is 37.8 Å². The van der Waals surface area contributed by atoms with E-state index in [1.807, 2.05) is 0 Å². The number of hydrogen-bond donors (Lipinski definition) is 2. The lowest BCUT2D eigenvalue weighted by molar-refractivity contribution is -0.172. The summed E-state index contributed by atoms with van der Waals surface area (Å²) >= 11 is 0. The van der Waals surface area contributed by atoms with Crippen LogP contribution in [0.1, 0.15) is 18.4 Å². The van der Waals surface area contributed by atoms with Crippen LogP contribution in [0, 0.1) is 5.92 Å². The van der Waals surface area contributed by atoms with Crippen molar-refractivity contribution in [3.8, 4) is 11.5 Å². The smallest absolute Gasteiger partial charge is 0.353 e. The van der Waals surface area contributed by atoms with E-state index in [4.69, 9.17) is 19.9 Å². The van der Waals surface area contributed by atoms with E-state index in [2.05, 4.69) is 0 Å². The number of hydrogen-bond acceptors (Lipinski definition) is 6. The van der Waals surface area contributed by atoms with Crippen molar-refractivity contribution in [3.63, 3.8) is 0 Å². The van der Waals surface area contributed by atoms with Crippen molar-refractivity contribution in [1.29, 1.82) is 0 Å². The van der Waals surface area contributed by atoms with Crippen LogP contribution in [0.15, 0.2) is 18.2 Å². The number of carbonyl (C=O) groups is 2. The summed E-state index contributed by atoms with van der Waals surface area (Å²) in [6.45, 7) is 0.168. The quantitative estimate of drug-likeness (QED) is 0.555. The van der Waals surface area contributed by atoms with Gasteiger partial charge in [-0.2, -0.15) is 0 Å². The Morgan fingerprint density at radius 3 is 2.41 bits per heavy atom. The molecular formula is C15H19NO6. The zero-order chi connectivity index (χ0) is 16.3. The minimum absolute atomic E-state index is 0.0292. The van der Waals surface area contributed by atoms with Crippen LogP contribution in [0.4, 0.5) is 0 Å². The van der Waals surface area contributed by atoms with Gasteiger partial charge in [-0.1, -0.05) is 6.07 Å². The highest BCUT2D eigenvalue weighted by Crippen LogP contribution is 2.34. The van der Waals surface area contributed by atoms with E-state index >= 15 is 0 Å². The molecule has 1 amide bonds. The molecule has 0 aliphatic heterocycles. The molecular weight excluding hydrogens is 290 g/mol. The van der Waals surface area contributed by atoms with Crippen molar-refractivity contribution in [2.24, 2.45) is 11.7 Å². The summed E-state index contributed by atoms with van der Waals surface area (Å²) in [6.07, 6.45) is 1.94. The fraction of sp³-hybridized carbons (Fsp3) is 0.467. The third-order valence-corrected chi connectivity index (χ3v) is 3.60. The largest absolute Gasteiger partial charge is 0.493 e. The van der Waals surface area contributed by atoms with Gasteiger partial charge in [-0.3, -0.25) is 4.79 Å². The average molecular weight is 309 g/mol. The second-order valence-corrected chi connectivity index (χ2v) is 5.19. The average Bonchev–Trinajstić information content (AvgIpc) is 3.34. The lowest BCUT2D eigenvalue weighted by atomic mass is 9.92. The number of methoxy groups -OCH3 is 2. The molecule has 7 nitrogen and oxygen atoms in total. The Morgan fingerprint density at radius 1 is 1.27 bits per heavy atom. The maximum Gasteiger partial charge on any atom is 0.353 e. The summed E-state index contributed by atoms with van der Waals surface area (Å²) in [5.74, 6) is -1.34. The number of esters is 1. The van der Waals surface area contributed by atoms with Crippen molar-refractivity contribution in [2.75, 3.05) is 20.8 Å². The minimum atomic E-state index is -2.56. The first-order valence-electron chi connectivity index (χ1n) is 6.85. The molecule has 1 aliphatic carbocycles. The Labute approximate surface area is 128 Å². The molecule has 1 fully saturated rings. The van der Waals surface area contributed by atoms with E-state index in [0.717, 1.165) is 12.8 Å². The first-order valence-corrected chi connectivity index (χ1v) is 6.85. The molecule has 1 atom stereocenters. The number of carbonyl (C=O) groups excluding carboxylic acids is 2. The van der Waals surface area contributed by atoms with Gasteiger partial charge in [0, 0.05) is 5.56 Å². The number of nitrogens with two attached hydrogens (primary N) is 1. The summed E-state index contributed by atoms with van der Waals surface area (Å²) in [7, 11) is 2.85. The molecule has 3 N–H and O–H groups in total. The van der Waals surface area contributed by atoms with E-state index in [1.54, 1.807) is 0 Å². The molecule has 0 heterocycles. The van der Waals surface area contributed by atoms with Crippen molar-refractivity contribution in [1.82, 2.24) is 0 Å². The molecule has 2 rings (SSSR count). The zero-order valence-corrected chi connectivity index (χ0v) is 12.5. The van der Waals surface area contributed by atoms with E-state index in [0.29, 0.717) is 11.7 Å². The fourth-order valence-electron chi connectivity index (χ4n) is 2.00. The number of ether oxygens (including phenoxy) is 3. The number of aliphatic hydroxyl groups is 1. The number of amides is 1. The first-order chi connectivity index (χ1) is 10.4. The van der Waals surface area contributed by atoms with Crippen molar-refractivity contribution < 1.29 is 28.9 Å².